The van der Waals surface area contributed by atoms with Crippen molar-refractivity contribution in [1.82, 2.24) is 5.43 Å². The van der Waals surface area contributed by atoms with Gasteiger partial charge in [0.25, 0.3) is 11.8 Å². The highest BCUT2D eigenvalue weighted by Crippen LogP contribution is 2.32. The van der Waals surface area contributed by atoms with Crippen molar-refractivity contribution in [2.75, 3.05) is 12.1 Å². The zero-order valence-corrected chi connectivity index (χ0v) is 17.4. The summed E-state index contributed by atoms with van der Waals surface area (Å²) in [5.41, 5.74) is 3.97. The van der Waals surface area contributed by atoms with Gasteiger partial charge < -0.3 is 14.8 Å². The van der Waals surface area contributed by atoms with Crippen molar-refractivity contribution in [3.05, 3.63) is 87.4 Å². The van der Waals surface area contributed by atoms with Gasteiger partial charge in [-0.3, -0.25) is 9.59 Å². The lowest BCUT2D eigenvalue weighted by atomic mass is 10.1. The molecule has 31 heavy (non-hydrogen) atoms. The standard InChI is InChI=1S/C22H15Cl2N3O4/c23-14-6-7-15(17(24)10-14)21(28)26-18-4-2-1-3-16(18)22(29)27-25-11-13-5-8-19-20(9-13)31-12-30-19/h1-11H,12H2,(H,26,28)(H,27,29)/b25-11-. The number of halogens is 2. The molecule has 9 heteroatoms. The van der Waals surface area contributed by atoms with Gasteiger partial charge in [-0.2, -0.15) is 5.10 Å². The molecule has 0 fully saturated rings. The molecule has 4 rings (SSSR count). The number of amides is 2. The molecule has 2 amide bonds. The van der Waals surface area contributed by atoms with Crippen molar-refractivity contribution in [3.63, 3.8) is 0 Å². The maximum Gasteiger partial charge on any atom is 0.273 e. The number of benzene rings is 3. The Kier molecular flexibility index (Phi) is 6.06. The number of hydrazone groups is 1. The van der Waals surface area contributed by atoms with Crippen molar-refractivity contribution in [2.45, 2.75) is 0 Å². The van der Waals surface area contributed by atoms with Crippen LogP contribution in [0.3, 0.4) is 0 Å². The van der Waals surface area contributed by atoms with Crippen LogP contribution >= 0.6 is 23.2 Å². The van der Waals surface area contributed by atoms with Crippen molar-refractivity contribution < 1.29 is 19.1 Å². The molecule has 1 aliphatic heterocycles. The minimum absolute atomic E-state index is 0.177. The number of rotatable bonds is 5. The normalized spacial score (nSPS) is 12.1. The number of nitrogens with one attached hydrogen (secondary N) is 2. The molecule has 0 saturated carbocycles. The van der Waals surface area contributed by atoms with Crippen LogP contribution < -0.4 is 20.2 Å². The minimum Gasteiger partial charge on any atom is -0.454 e. The highest BCUT2D eigenvalue weighted by Gasteiger charge is 2.16. The molecular formula is C22H15Cl2N3O4. The molecule has 1 heterocycles. The quantitative estimate of drug-likeness (QED) is 0.429. The van der Waals surface area contributed by atoms with Gasteiger partial charge in [0.05, 0.1) is 28.1 Å². The van der Waals surface area contributed by atoms with E-state index in [1.165, 1.54) is 18.3 Å². The Morgan fingerprint density at radius 3 is 2.55 bits per heavy atom. The van der Waals surface area contributed by atoms with Gasteiger partial charge in [-0.25, -0.2) is 5.43 Å². The number of fused-ring (bicyclic) bond motifs is 1. The number of carbonyl (C=O) groups excluding carboxylic acids is 2. The molecule has 7 nitrogen and oxygen atoms in total. The Bertz CT molecular complexity index is 1200. The number of hydrogen-bond donors (Lipinski definition) is 2. The third kappa shape index (κ3) is 4.79. The summed E-state index contributed by atoms with van der Waals surface area (Å²) in [5.74, 6) is 0.316. The van der Waals surface area contributed by atoms with Crippen LogP contribution in [0.2, 0.25) is 10.0 Å². The molecule has 0 saturated heterocycles. The second-order valence-electron chi connectivity index (χ2n) is 6.44. The van der Waals surface area contributed by atoms with E-state index in [1.54, 1.807) is 48.5 Å². The van der Waals surface area contributed by atoms with Gasteiger partial charge in [0.1, 0.15) is 0 Å². The number of ether oxygens (including phenoxy) is 2. The average Bonchev–Trinajstić information content (AvgIpc) is 3.22. The summed E-state index contributed by atoms with van der Waals surface area (Å²) < 4.78 is 10.6. The van der Waals surface area contributed by atoms with Crippen LogP contribution in [0.1, 0.15) is 26.3 Å². The fourth-order valence-corrected chi connectivity index (χ4v) is 3.37. The summed E-state index contributed by atoms with van der Waals surface area (Å²) in [4.78, 5) is 25.2. The van der Waals surface area contributed by atoms with Gasteiger partial charge in [-0.05, 0) is 54.1 Å². The van der Waals surface area contributed by atoms with E-state index in [9.17, 15) is 9.59 Å². The molecule has 3 aromatic rings. The highest BCUT2D eigenvalue weighted by atomic mass is 35.5. The van der Waals surface area contributed by atoms with Crippen molar-refractivity contribution in [2.24, 2.45) is 5.10 Å². The van der Waals surface area contributed by atoms with Gasteiger partial charge in [-0.1, -0.05) is 35.3 Å². The van der Waals surface area contributed by atoms with Crippen LogP contribution in [0.4, 0.5) is 5.69 Å². The first-order valence-electron chi connectivity index (χ1n) is 9.10. The molecule has 3 aromatic carbocycles. The van der Waals surface area contributed by atoms with E-state index < -0.39 is 11.8 Å². The summed E-state index contributed by atoms with van der Waals surface area (Å²) in [6.07, 6.45) is 1.48. The number of anilines is 1. The van der Waals surface area contributed by atoms with E-state index in [2.05, 4.69) is 15.8 Å². The van der Waals surface area contributed by atoms with Crippen LogP contribution in [0, 0.1) is 0 Å². The van der Waals surface area contributed by atoms with Crippen LogP contribution in [0.5, 0.6) is 11.5 Å². The number of carbonyl (C=O) groups is 2. The molecule has 156 valence electrons. The molecule has 0 bridgehead atoms. The Morgan fingerprint density at radius 2 is 1.71 bits per heavy atom. The smallest absolute Gasteiger partial charge is 0.273 e. The molecule has 0 atom stereocenters. The van der Waals surface area contributed by atoms with Crippen molar-refractivity contribution >= 4 is 46.9 Å². The zero-order chi connectivity index (χ0) is 21.8. The number of nitrogens with zero attached hydrogens (tertiary/aromatic N) is 1. The lowest BCUT2D eigenvalue weighted by Crippen LogP contribution is -2.21. The molecule has 0 aromatic heterocycles. The monoisotopic (exact) mass is 455 g/mol. The van der Waals surface area contributed by atoms with Crippen LogP contribution in [0.15, 0.2) is 65.8 Å². The first-order chi connectivity index (χ1) is 15.0. The maximum atomic E-state index is 12.6. The van der Waals surface area contributed by atoms with E-state index in [-0.39, 0.29) is 22.9 Å². The fraction of sp³-hybridized carbons (Fsp3) is 0.0455. The lowest BCUT2D eigenvalue weighted by Gasteiger charge is -2.11. The fourth-order valence-electron chi connectivity index (χ4n) is 2.87. The van der Waals surface area contributed by atoms with Crippen molar-refractivity contribution in [3.8, 4) is 11.5 Å². The summed E-state index contributed by atoms with van der Waals surface area (Å²) >= 11 is 12.0. The Balaban J connectivity index is 1.46. The van der Waals surface area contributed by atoms with E-state index in [4.69, 9.17) is 32.7 Å². The van der Waals surface area contributed by atoms with Crippen LogP contribution in [0.25, 0.3) is 0 Å². The van der Waals surface area contributed by atoms with Gasteiger partial charge in [0.15, 0.2) is 11.5 Å². The van der Waals surface area contributed by atoms with Gasteiger partial charge >= 0.3 is 0 Å². The van der Waals surface area contributed by atoms with Crippen molar-refractivity contribution in [1.29, 1.82) is 0 Å². The predicted octanol–water partition coefficient (Wildman–Crippen LogP) is 4.74. The highest BCUT2D eigenvalue weighted by molar-refractivity contribution is 6.37. The van der Waals surface area contributed by atoms with Gasteiger partial charge in [-0.15, -0.1) is 0 Å². The molecule has 2 N–H and O–H groups in total. The summed E-state index contributed by atoms with van der Waals surface area (Å²) in [6, 6.07) is 16.4. The third-order valence-corrected chi connectivity index (χ3v) is 4.92. The summed E-state index contributed by atoms with van der Waals surface area (Å²) in [6.45, 7) is 0.177. The second-order valence-corrected chi connectivity index (χ2v) is 7.28. The molecule has 0 radical (unpaired) electrons. The first-order valence-corrected chi connectivity index (χ1v) is 9.85. The lowest BCUT2D eigenvalue weighted by molar-refractivity contribution is 0.0956. The molecular weight excluding hydrogens is 441 g/mol. The largest absolute Gasteiger partial charge is 0.454 e. The van der Waals surface area contributed by atoms with E-state index in [1.807, 2.05) is 0 Å². The first kappa shape index (κ1) is 20.7. The Labute approximate surface area is 187 Å². The predicted molar refractivity (Wildman–Crippen MR) is 118 cm³/mol. The SMILES string of the molecule is O=C(Nc1ccccc1C(=O)N/N=C\c1ccc2c(c1)OCO2)c1ccc(Cl)cc1Cl. The van der Waals surface area contributed by atoms with E-state index >= 15 is 0 Å². The zero-order valence-electron chi connectivity index (χ0n) is 15.9. The van der Waals surface area contributed by atoms with Crippen LogP contribution in [-0.2, 0) is 0 Å². The minimum atomic E-state index is -0.491. The summed E-state index contributed by atoms with van der Waals surface area (Å²) in [5, 5.41) is 7.30. The third-order valence-electron chi connectivity index (χ3n) is 4.37. The summed E-state index contributed by atoms with van der Waals surface area (Å²) in [7, 11) is 0. The van der Waals surface area contributed by atoms with E-state index in [0.717, 1.165) is 5.56 Å². The Morgan fingerprint density at radius 1 is 0.903 bits per heavy atom. The molecule has 0 spiro atoms. The topological polar surface area (TPSA) is 89.0 Å². The van der Waals surface area contributed by atoms with Gasteiger partial charge in [0, 0.05) is 5.02 Å². The number of hydrogen-bond acceptors (Lipinski definition) is 5. The van der Waals surface area contributed by atoms with E-state index in [0.29, 0.717) is 22.2 Å². The molecule has 1 aliphatic rings. The van der Waals surface area contributed by atoms with Gasteiger partial charge in [0.2, 0.25) is 6.79 Å². The Hall–Kier alpha value is -3.55. The maximum absolute atomic E-state index is 12.6. The van der Waals surface area contributed by atoms with Crippen LogP contribution in [-0.4, -0.2) is 24.8 Å². The average molecular weight is 456 g/mol. The number of para-hydroxylation sites is 1. The molecule has 0 aliphatic carbocycles. The molecule has 0 unspecified atom stereocenters. The second kappa shape index (κ2) is 9.07.